The number of nitrogens with one attached hydrogen (secondary N) is 5. The molecule has 8 rings (SSSR count). The molecule has 6 N–H and O–H groups in total. The summed E-state index contributed by atoms with van der Waals surface area (Å²) in [5.41, 5.74) is 3.46. The van der Waals surface area contributed by atoms with Gasteiger partial charge in [0.25, 0.3) is 11.8 Å². The molecule has 0 radical (unpaired) electrons. The number of morpholine rings is 2. The summed E-state index contributed by atoms with van der Waals surface area (Å²) in [5.74, 6) is -3.06. The number of amides is 8. The summed E-state index contributed by atoms with van der Waals surface area (Å²) in [6, 6.07) is 23.1. The van der Waals surface area contributed by atoms with E-state index in [1.54, 1.807) is 48.4 Å². The summed E-state index contributed by atoms with van der Waals surface area (Å²) in [6.45, 7) is 9.02. The lowest BCUT2D eigenvalue weighted by molar-refractivity contribution is -0.141. The molecule has 2 aromatic heterocycles. The summed E-state index contributed by atoms with van der Waals surface area (Å²) < 4.78 is 16.2. The maximum absolute atomic E-state index is 13.7. The average molecular weight is 1190 g/mol. The number of Topliss-reactive ketones (excluding diaryl/α,β-unsaturated/α-hetero) is 2. The first-order chi connectivity index (χ1) is 41.6. The van der Waals surface area contributed by atoms with Crippen molar-refractivity contribution in [3.8, 4) is 0 Å². The summed E-state index contributed by atoms with van der Waals surface area (Å²) in [6.07, 6.45) is 14.6. The van der Waals surface area contributed by atoms with Crippen molar-refractivity contribution in [2.24, 2.45) is 10.8 Å². The number of carbonyl (C=O) groups is 8. The number of hydrogen-bond acceptors (Lipinski definition) is 13. The minimum atomic E-state index is -1.22. The summed E-state index contributed by atoms with van der Waals surface area (Å²) in [5, 5.41) is 24.3. The van der Waals surface area contributed by atoms with E-state index in [1.807, 2.05) is 84.9 Å². The van der Waals surface area contributed by atoms with Crippen LogP contribution < -0.4 is 26.6 Å². The fourth-order valence-corrected chi connectivity index (χ4v) is 11.3. The Morgan fingerprint density at radius 2 is 1.02 bits per heavy atom. The van der Waals surface area contributed by atoms with Crippen LogP contribution in [0, 0.1) is 10.8 Å². The van der Waals surface area contributed by atoms with Gasteiger partial charge in [-0.25, -0.2) is 19.2 Å². The predicted molar refractivity (Wildman–Crippen MR) is 321 cm³/mol. The van der Waals surface area contributed by atoms with Gasteiger partial charge in [0.1, 0.15) is 12.1 Å². The van der Waals surface area contributed by atoms with Crippen molar-refractivity contribution in [1.29, 1.82) is 0 Å². The van der Waals surface area contributed by atoms with Crippen molar-refractivity contribution in [3.05, 3.63) is 132 Å². The zero-order valence-electron chi connectivity index (χ0n) is 49.8. The molecule has 22 heteroatoms. The van der Waals surface area contributed by atoms with E-state index in [2.05, 4.69) is 36.6 Å². The standard InChI is InChI=1S/2C32H43N5O6/c1-24(26-8-3-2-4-9-26)35-29(39)28(38)27(10-5-6-15-34-30(40)37-18-20-42-21-19-37)36-31(41)43-23-32(13-7-14-32)22-25-11-16-33-17-12-25;1-24(26-8-3-2-4-9-26)35-29(39)28(38)27(10-5-6-15-34-30(40)36-18-20-43-21-19-36)37(31(41)42)23-32(13-7-14-32)22-25-11-16-33-17-12-25/h2-4,8-9,11-12,16-17,24,27H,5-7,10,13-15,18-23H2,1H3,(H,34,40)(H,35,39)(H,36,41);2-4,8-9,11-12,16-17,24,27H,5-7,10,13-15,18-23H2,1H3,(H,34,40)(H,35,39)(H,41,42)/t24-,27+;24-,27?/m11/s1. The van der Waals surface area contributed by atoms with Crippen LogP contribution in [0.15, 0.2) is 110 Å². The SMILES string of the molecule is C[C@@H](NC(=O)C(=O)C(CCCCNC(=O)N1CCOCC1)N(CC1(Cc2ccncc2)CCC1)C(=O)O)c1ccccc1.C[C@@H](NC(=O)C(=O)[C@H](CCCCNC(=O)N1CCOCC1)NC(=O)OCC1(Cc2ccncc2)CCC1)c1ccccc1. The van der Waals surface area contributed by atoms with Gasteiger partial charge >= 0.3 is 24.2 Å². The molecule has 4 aliphatic rings. The van der Waals surface area contributed by atoms with Gasteiger partial charge in [-0.05, 0) is 143 Å². The number of nitrogens with zero attached hydrogens (tertiary/aromatic N) is 5. The number of ether oxygens (including phenoxy) is 3. The molecular formula is C64H86N10O12. The molecule has 8 amide bonds. The van der Waals surface area contributed by atoms with Crippen LogP contribution in [-0.4, -0.2) is 168 Å². The highest BCUT2D eigenvalue weighted by Gasteiger charge is 2.44. The van der Waals surface area contributed by atoms with Gasteiger partial charge in [-0.2, -0.15) is 0 Å². The Labute approximate surface area is 504 Å². The van der Waals surface area contributed by atoms with Crippen LogP contribution in [0.5, 0.6) is 0 Å². The lowest BCUT2D eigenvalue weighted by Gasteiger charge is -2.46. The lowest BCUT2D eigenvalue weighted by Crippen LogP contribution is -2.55. The number of hydrogen-bond donors (Lipinski definition) is 6. The average Bonchev–Trinajstić information content (AvgIpc) is 2.17. The molecule has 1 unspecified atom stereocenters. The number of alkyl carbamates (subject to hydrolysis) is 1. The zero-order chi connectivity index (χ0) is 61.2. The van der Waals surface area contributed by atoms with Crippen molar-refractivity contribution < 1.29 is 57.7 Å². The van der Waals surface area contributed by atoms with Gasteiger partial charge in [-0.1, -0.05) is 73.5 Å². The van der Waals surface area contributed by atoms with Gasteiger partial charge in [-0.3, -0.25) is 34.0 Å². The number of unbranched alkanes of at least 4 members (excludes halogenated alkanes) is 2. The Bertz CT molecular complexity index is 2800. The first-order valence-corrected chi connectivity index (χ1v) is 30.3. The van der Waals surface area contributed by atoms with Crippen molar-refractivity contribution in [2.45, 2.75) is 128 Å². The predicted octanol–water partition coefficient (Wildman–Crippen LogP) is 7.35. The number of rotatable bonds is 28. The zero-order valence-corrected chi connectivity index (χ0v) is 49.8. The Balaban J connectivity index is 0.000000246. The number of carboxylic acid groups (broad SMARTS) is 1. The van der Waals surface area contributed by atoms with Gasteiger partial charge in [0.2, 0.25) is 11.6 Å². The molecule has 4 aromatic rings. The maximum atomic E-state index is 13.7. The van der Waals surface area contributed by atoms with Crippen molar-refractivity contribution >= 4 is 47.6 Å². The second-order valence-corrected chi connectivity index (χ2v) is 23.1. The Morgan fingerprint density at radius 1 is 0.581 bits per heavy atom. The quantitative estimate of drug-likeness (QED) is 0.0240. The van der Waals surface area contributed by atoms with Crippen LogP contribution in [0.4, 0.5) is 19.2 Å². The summed E-state index contributed by atoms with van der Waals surface area (Å²) in [7, 11) is 0. The van der Waals surface area contributed by atoms with Gasteiger partial charge in [-0.15, -0.1) is 0 Å². The number of carbonyl (C=O) groups excluding carboxylic acids is 7. The van der Waals surface area contributed by atoms with E-state index in [4.69, 9.17) is 14.2 Å². The molecule has 2 aliphatic heterocycles. The molecular weight excluding hydrogens is 1100 g/mol. The van der Waals surface area contributed by atoms with E-state index in [-0.39, 0.29) is 54.9 Å². The normalized spacial score (nSPS) is 17.1. The molecule has 0 bridgehead atoms. The highest BCUT2D eigenvalue weighted by molar-refractivity contribution is 6.39. The van der Waals surface area contributed by atoms with Crippen molar-refractivity contribution in [2.75, 3.05) is 78.8 Å². The van der Waals surface area contributed by atoms with Crippen LogP contribution >= 0.6 is 0 Å². The van der Waals surface area contributed by atoms with E-state index in [9.17, 15) is 43.5 Å². The lowest BCUT2D eigenvalue weighted by atomic mass is 9.65. The Kier molecular flexibility index (Phi) is 25.6. The molecule has 2 saturated heterocycles. The van der Waals surface area contributed by atoms with E-state index in [0.29, 0.717) is 97.8 Å². The number of pyridine rings is 2. The van der Waals surface area contributed by atoms with E-state index >= 15 is 0 Å². The van der Waals surface area contributed by atoms with Crippen LogP contribution in [0.25, 0.3) is 0 Å². The van der Waals surface area contributed by atoms with Gasteiger partial charge in [0.15, 0.2) is 0 Å². The third-order valence-electron chi connectivity index (χ3n) is 16.7. The summed E-state index contributed by atoms with van der Waals surface area (Å²) in [4.78, 5) is 116. The summed E-state index contributed by atoms with van der Waals surface area (Å²) >= 11 is 0. The third-order valence-corrected chi connectivity index (χ3v) is 16.7. The van der Waals surface area contributed by atoms with E-state index in [1.165, 1.54) is 4.90 Å². The molecule has 4 fully saturated rings. The van der Waals surface area contributed by atoms with Gasteiger partial charge < -0.3 is 55.7 Å². The maximum Gasteiger partial charge on any atom is 0.407 e. The smallest absolute Gasteiger partial charge is 0.407 e. The van der Waals surface area contributed by atoms with Crippen LogP contribution in [-0.2, 0) is 46.2 Å². The molecule has 86 heavy (non-hydrogen) atoms. The molecule has 0 spiro atoms. The Hall–Kier alpha value is -7.98. The second kappa shape index (κ2) is 33.6. The van der Waals surface area contributed by atoms with Crippen molar-refractivity contribution in [3.63, 3.8) is 0 Å². The highest BCUT2D eigenvalue weighted by Crippen LogP contribution is 2.45. The fourth-order valence-electron chi connectivity index (χ4n) is 11.3. The van der Waals surface area contributed by atoms with Crippen LogP contribution in [0.3, 0.4) is 0 Å². The molecule has 2 saturated carbocycles. The number of benzene rings is 2. The minimum Gasteiger partial charge on any atom is -0.465 e. The highest BCUT2D eigenvalue weighted by atomic mass is 16.5. The number of aromatic nitrogens is 2. The largest absolute Gasteiger partial charge is 0.465 e. The minimum absolute atomic E-state index is 0.140. The third kappa shape index (κ3) is 20.3. The first-order valence-electron chi connectivity index (χ1n) is 30.3. The topological polar surface area (TPSA) is 280 Å². The fraction of sp³-hybridized carbons (Fsp3) is 0.531. The molecule has 4 heterocycles. The second-order valence-electron chi connectivity index (χ2n) is 23.1. The molecule has 2 aromatic carbocycles. The molecule has 4 atom stereocenters. The number of ketones is 2. The molecule has 464 valence electrons. The van der Waals surface area contributed by atoms with Crippen LogP contribution in [0.1, 0.15) is 125 Å². The van der Waals surface area contributed by atoms with Crippen molar-refractivity contribution in [1.82, 2.24) is 51.3 Å². The van der Waals surface area contributed by atoms with E-state index in [0.717, 1.165) is 67.2 Å². The van der Waals surface area contributed by atoms with Gasteiger partial charge in [0.05, 0.1) is 45.1 Å². The Morgan fingerprint density at radius 3 is 1.47 bits per heavy atom. The molecule has 2 aliphatic carbocycles. The first kappa shape index (κ1) is 65.6. The van der Waals surface area contributed by atoms with Gasteiger partial charge in [0, 0.05) is 76.0 Å². The van der Waals surface area contributed by atoms with E-state index < -0.39 is 53.7 Å². The number of urea groups is 2. The monoisotopic (exact) mass is 1190 g/mol. The van der Waals surface area contributed by atoms with Crippen LogP contribution in [0.2, 0.25) is 0 Å². The molecule has 22 nitrogen and oxygen atoms in total.